The van der Waals surface area contributed by atoms with Crippen LogP contribution in [-0.2, 0) is 22.4 Å². The van der Waals surface area contributed by atoms with Gasteiger partial charge in [-0.3, -0.25) is 9.59 Å². The van der Waals surface area contributed by atoms with Gasteiger partial charge in [-0.05, 0) is 30.4 Å². The van der Waals surface area contributed by atoms with Crippen LogP contribution in [0.3, 0.4) is 0 Å². The molecular formula is C18H16N2O3S. The number of benzene rings is 1. The molecule has 1 aliphatic rings. The van der Waals surface area contributed by atoms with E-state index >= 15 is 0 Å². The van der Waals surface area contributed by atoms with Crippen LogP contribution in [0.25, 0.3) is 0 Å². The minimum atomic E-state index is -1.04. The summed E-state index contributed by atoms with van der Waals surface area (Å²) in [6.07, 6.45) is 2.69. The predicted octanol–water partition coefficient (Wildman–Crippen LogP) is 3.31. The maximum absolute atomic E-state index is 12.3. The molecule has 1 aromatic heterocycles. The number of aliphatic carboxylic acids is 1. The summed E-state index contributed by atoms with van der Waals surface area (Å²) in [7, 11) is 0. The lowest BCUT2D eigenvalue weighted by Gasteiger charge is -2.12. The van der Waals surface area contributed by atoms with Crippen molar-refractivity contribution in [1.29, 1.82) is 5.26 Å². The molecule has 122 valence electrons. The summed E-state index contributed by atoms with van der Waals surface area (Å²) >= 11 is 1.43. The fourth-order valence-corrected chi connectivity index (χ4v) is 4.26. The van der Waals surface area contributed by atoms with E-state index in [4.69, 9.17) is 0 Å². The average molecular weight is 340 g/mol. The van der Waals surface area contributed by atoms with E-state index in [2.05, 4.69) is 11.4 Å². The lowest BCUT2D eigenvalue weighted by atomic mass is 9.95. The lowest BCUT2D eigenvalue weighted by Crippen LogP contribution is -2.20. The molecule has 3 rings (SSSR count). The van der Waals surface area contributed by atoms with Crippen molar-refractivity contribution in [2.75, 3.05) is 5.32 Å². The average Bonchev–Trinajstić information content (AvgIpc) is 3.13. The van der Waals surface area contributed by atoms with Gasteiger partial charge in [0.05, 0.1) is 11.5 Å². The van der Waals surface area contributed by atoms with Crippen LogP contribution in [0.1, 0.15) is 40.3 Å². The quantitative estimate of drug-likeness (QED) is 0.874. The fourth-order valence-electron chi connectivity index (χ4n) is 3.01. The second-order valence-corrected chi connectivity index (χ2v) is 6.83. The van der Waals surface area contributed by atoms with Crippen LogP contribution < -0.4 is 5.32 Å². The number of carboxylic acids is 1. The summed E-state index contributed by atoms with van der Waals surface area (Å²) in [5.74, 6) is -2.32. The normalized spacial score (nSPS) is 13.8. The van der Waals surface area contributed by atoms with E-state index in [0.717, 1.165) is 29.7 Å². The number of nitrogens with one attached hydrogen (secondary N) is 1. The summed E-state index contributed by atoms with van der Waals surface area (Å²) < 4.78 is 0. The number of nitriles is 1. The first kappa shape index (κ1) is 16.2. The van der Waals surface area contributed by atoms with Gasteiger partial charge >= 0.3 is 5.97 Å². The van der Waals surface area contributed by atoms with E-state index in [1.165, 1.54) is 11.3 Å². The minimum Gasteiger partial charge on any atom is -0.481 e. The number of carbonyl (C=O) groups excluding carboxylic acids is 1. The largest absolute Gasteiger partial charge is 0.481 e. The van der Waals surface area contributed by atoms with Crippen LogP contribution in [0.5, 0.6) is 0 Å². The van der Waals surface area contributed by atoms with Gasteiger partial charge in [-0.15, -0.1) is 11.3 Å². The third-order valence-corrected chi connectivity index (χ3v) is 5.38. The van der Waals surface area contributed by atoms with Crippen LogP contribution in [0.15, 0.2) is 30.3 Å². The van der Waals surface area contributed by atoms with E-state index < -0.39 is 11.9 Å². The standard InChI is InChI=1S/C18H16N2O3S/c19-10-14-12-7-4-8-15(12)24-17(14)20-16(21)9-13(18(22)23)11-5-2-1-3-6-11/h1-3,5-6,13H,4,7-9H2,(H,20,21)(H,22,23)/t13-/m0/s1. The Bertz CT molecular complexity index is 821. The highest BCUT2D eigenvalue weighted by molar-refractivity contribution is 7.16. The zero-order valence-corrected chi connectivity index (χ0v) is 13.7. The Morgan fingerprint density at radius 2 is 2.04 bits per heavy atom. The first-order valence-corrected chi connectivity index (χ1v) is 8.54. The predicted molar refractivity (Wildman–Crippen MR) is 91.1 cm³/mol. The van der Waals surface area contributed by atoms with E-state index in [1.54, 1.807) is 30.3 Å². The molecule has 1 aliphatic carbocycles. The second kappa shape index (κ2) is 6.85. The summed E-state index contributed by atoms with van der Waals surface area (Å²) in [5.41, 5.74) is 2.16. The first-order valence-electron chi connectivity index (χ1n) is 7.72. The van der Waals surface area contributed by atoms with Gasteiger partial charge in [0.25, 0.3) is 0 Å². The molecule has 2 N–H and O–H groups in total. The molecule has 6 heteroatoms. The van der Waals surface area contributed by atoms with Crippen LogP contribution >= 0.6 is 11.3 Å². The van der Waals surface area contributed by atoms with Crippen molar-refractivity contribution in [2.45, 2.75) is 31.6 Å². The Kier molecular flexibility index (Phi) is 4.63. The van der Waals surface area contributed by atoms with Gasteiger partial charge in [0.2, 0.25) is 5.91 Å². The van der Waals surface area contributed by atoms with Gasteiger partial charge in [0.1, 0.15) is 11.1 Å². The molecule has 0 fully saturated rings. The van der Waals surface area contributed by atoms with E-state index in [9.17, 15) is 20.0 Å². The van der Waals surface area contributed by atoms with Crippen molar-refractivity contribution < 1.29 is 14.7 Å². The molecule has 24 heavy (non-hydrogen) atoms. The highest BCUT2D eigenvalue weighted by Crippen LogP contribution is 2.38. The molecule has 0 saturated heterocycles. The van der Waals surface area contributed by atoms with E-state index in [0.29, 0.717) is 16.1 Å². The third kappa shape index (κ3) is 3.17. The highest BCUT2D eigenvalue weighted by atomic mass is 32.1. The SMILES string of the molecule is N#Cc1c(NC(=O)C[C@H](C(=O)O)c2ccccc2)sc2c1CCC2. The number of amides is 1. The molecule has 1 atom stereocenters. The molecule has 2 aromatic rings. The lowest BCUT2D eigenvalue weighted by molar-refractivity contribution is -0.140. The van der Waals surface area contributed by atoms with Crippen molar-refractivity contribution in [3.05, 3.63) is 51.9 Å². The Morgan fingerprint density at radius 1 is 1.29 bits per heavy atom. The number of hydrogen-bond donors (Lipinski definition) is 2. The number of carboxylic acid groups (broad SMARTS) is 1. The molecular weight excluding hydrogens is 324 g/mol. The van der Waals surface area contributed by atoms with Crippen molar-refractivity contribution in [1.82, 2.24) is 0 Å². The number of nitrogens with zero attached hydrogens (tertiary/aromatic N) is 1. The van der Waals surface area contributed by atoms with Crippen LogP contribution in [0, 0.1) is 11.3 Å². The van der Waals surface area contributed by atoms with Crippen LogP contribution in [0.2, 0.25) is 0 Å². The molecule has 0 radical (unpaired) electrons. The highest BCUT2D eigenvalue weighted by Gasteiger charge is 2.26. The summed E-state index contributed by atoms with van der Waals surface area (Å²) in [6, 6.07) is 10.9. The molecule has 0 bridgehead atoms. The monoisotopic (exact) mass is 340 g/mol. The maximum Gasteiger partial charge on any atom is 0.311 e. The Hall–Kier alpha value is -2.65. The Balaban J connectivity index is 1.76. The topological polar surface area (TPSA) is 90.2 Å². The number of anilines is 1. The van der Waals surface area contributed by atoms with Gasteiger partial charge in [0, 0.05) is 11.3 Å². The molecule has 5 nitrogen and oxygen atoms in total. The minimum absolute atomic E-state index is 0.160. The van der Waals surface area contributed by atoms with Gasteiger partial charge < -0.3 is 10.4 Å². The van der Waals surface area contributed by atoms with Gasteiger partial charge in [-0.2, -0.15) is 5.26 Å². The van der Waals surface area contributed by atoms with Crippen molar-refractivity contribution >= 4 is 28.2 Å². The number of rotatable bonds is 5. The maximum atomic E-state index is 12.3. The zero-order chi connectivity index (χ0) is 17.1. The van der Waals surface area contributed by atoms with Gasteiger partial charge in [0.15, 0.2) is 0 Å². The third-order valence-electron chi connectivity index (χ3n) is 4.18. The number of carbonyl (C=O) groups is 2. The zero-order valence-electron chi connectivity index (χ0n) is 12.9. The molecule has 0 aliphatic heterocycles. The summed E-state index contributed by atoms with van der Waals surface area (Å²) in [4.78, 5) is 25.0. The number of hydrogen-bond acceptors (Lipinski definition) is 4. The number of aryl methyl sites for hydroxylation is 1. The number of fused-ring (bicyclic) bond motifs is 1. The summed E-state index contributed by atoms with van der Waals surface area (Å²) in [5, 5.41) is 22.0. The van der Waals surface area contributed by atoms with Crippen molar-refractivity contribution in [3.63, 3.8) is 0 Å². The first-order chi connectivity index (χ1) is 11.6. The van der Waals surface area contributed by atoms with E-state index in [1.807, 2.05) is 0 Å². The molecule has 1 aromatic carbocycles. The Labute approximate surface area is 143 Å². The number of thiophene rings is 1. The fraction of sp³-hybridized carbons (Fsp3) is 0.278. The second-order valence-electron chi connectivity index (χ2n) is 5.73. The van der Waals surface area contributed by atoms with Crippen molar-refractivity contribution in [3.8, 4) is 6.07 Å². The summed E-state index contributed by atoms with van der Waals surface area (Å²) in [6.45, 7) is 0. The van der Waals surface area contributed by atoms with Gasteiger partial charge in [-0.25, -0.2) is 0 Å². The van der Waals surface area contributed by atoms with Crippen molar-refractivity contribution in [2.24, 2.45) is 0 Å². The molecule has 0 saturated carbocycles. The van der Waals surface area contributed by atoms with Crippen LogP contribution in [0.4, 0.5) is 5.00 Å². The molecule has 0 spiro atoms. The van der Waals surface area contributed by atoms with Gasteiger partial charge in [-0.1, -0.05) is 30.3 Å². The molecule has 0 unspecified atom stereocenters. The molecule has 1 heterocycles. The van der Waals surface area contributed by atoms with E-state index in [-0.39, 0.29) is 12.3 Å². The smallest absolute Gasteiger partial charge is 0.311 e. The Morgan fingerprint density at radius 3 is 2.71 bits per heavy atom. The molecule has 1 amide bonds. The van der Waals surface area contributed by atoms with Crippen LogP contribution in [-0.4, -0.2) is 17.0 Å².